The van der Waals surface area contributed by atoms with Crippen LogP contribution in [0.5, 0.6) is 0 Å². The van der Waals surface area contributed by atoms with E-state index in [9.17, 15) is 4.79 Å². The predicted octanol–water partition coefficient (Wildman–Crippen LogP) is 2.21. The Morgan fingerprint density at radius 3 is 2.81 bits per heavy atom. The van der Waals surface area contributed by atoms with E-state index in [2.05, 4.69) is 15.4 Å². The van der Waals surface area contributed by atoms with Crippen LogP contribution in [0.1, 0.15) is 21.6 Å². The molecule has 2 aromatic heterocycles. The number of rotatable bonds is 3. The third-order valence-electron chi connectivity index (χ3n) is 3.37. The van der Waals surface area contributed by atoms with Gasteiger partial charge in [-0.3, -0.25) is 9.48 Å². The molecule has 0 spiro atoms. The number of nitrogens with one attached hydrogen (secondary N) is 1. The van der Waals surface area contributed by atoms with Crippen LogP contribution in [-0.2, 0) is 13.6 Å². The highest BCUT2D eigenvalue weighted by atomic mass is 16.1. The second-order valence-corrected chi connectivity index (χ2v) is 4.98. The van der Waals surface area contributed by atoms with E-state index in [1.54, 1.807) is 16.9 Å². The van der Waals surface area contributed by atoms with Crippen LogP contribution >= 0.6 is 0 Å². The summed E-state index contributed by atoms with van der Waals surface area (Å²) in [5.41, 5.74) is 3.21. The van der Waals surface area contributed by atoms with Crippen molar-refractivity contribution < 1.29 is 4.79 Å². The van der Waals surface area contributed by atoms with Crippen molar-refractivity contribution in [3.05, 3.63) is 59.4 Å². The topological polar surface area (TPSA) is 59.8 Å². The summed E-state index contributed by atoms with van der Waals surface area (Å²) in [7, 11) is 1.82. The number of hydrogen-bond donors (Lipinski definition) is 1. The zero-order valence-corrected chi connectivity index (χ0v) is 12.0. The average Bonchev–Trinajstić information content (AvgIpc) is 2.86. The van der Waals surface area contributed by atoms with Crippen LogP contribution in [0, 0.1) is 6.92 Å². The number of aryl methyl sites for hydroxylation is 2. The molecule has 5 nitrogen and oxygen atoms in total. The molecule has 0 aliphatic rings. The lowest BCUT2D eigenvalue weighted by Gasteiger charge is -2.07. The van der Waals surface area contributed by atoms with Crippen LogP contribution in [0.15, 0.2) is 42.6 Å². The third kappa shape index (κ3) is 2.63. The highest BCUT2D eigenvalue weighted by molar-refractivity contribution is 6.05. The van der Waals surface area contributed by atoms with E-state index >= 15 is 0 Å². The van der Waals surface area contributed by atoms with Crippen molar-refractivity contribution in [2.24, 2.45) is 7.05 Å². The number of pyridine rings is 1. The zero-order chi connectivity index (χ0) is 14.8. The minimum Gasteiger partial charge on any atom is -0.348 e. The smallest absolute Gasteiger partial charge is 0.252 e. The molecule has 1 N–H and O–H groups in total. The summed E-state index contributed by atoms with van der Waals surface area (Å²) < 4.78 is 1.68. The molecular weight excluding hydrogens is 264 g/mol. The fourth-order valence-electron chi connectivity index (χ4n) is 2.30. The van der Waals surface area contributed by atoms with Gasteiger partial charge in [-0.1, -0.05) is 30.3 Å². The van der Waals surface area contributed by atoms with Gasteiger partial charge in [-0.15, -0.1) is 0 Å². The monoisotopic (exact) mass is 280 g/mol. The van der Waals surface area contributed by atoms with E-state index in [0.29, 0.717) is 12.1 Å². The first-order valence-corrected chi connectivity index (χ1v) is 6.76. The zero-order valence-electron chi connectivity index (χ0n) is 12.0. The highest BCUT2D eigenvalue weighted by Crippen LogP contribution is 2.17. The Morgan fingerprint density at radius 2 is 2.05 bits per heavy atom. The Labute approximate surface area is 122 Å². The van der Waals surface area contributed by atoms with Gasteiger partial charge in [-0.2, -0.15) is 5.10 Å². The van der Waals surface area contributed by atoms with Crippen molar-refractivity contribution in [3.63, 3.8) is 0 Å². The minimum atomic E-state index is -0.109. The van der Waals surface area contributed by atoms with Gasteiger partial charge in [-0.25, -0.2) is 4.98 Å². The fraction of sp³-hybridized carbons (Fsp3) is 0.188. The van der Waals surface area contributed by atoms with Crippen molar-refractivity contribution in [2.45, 2.75) is 13.5 Å². The first-order valence-electron chi connectivity index (χ1n) is 6.76. The summed E-state index contributed by atoms with van der Waals surface area (Å²) in [6, 6.07) is 11.6. The molecule has 0 unspecified atom stereocenters. The van der Waals surface area contributed by atoms with Crippen molar-refractivity contribution in [1.29, 1.82) is 0 Å². The lowest BCUT2D eigenvalue weighted by molar-refractivity contribution is 0.0952. The quantitative estimate of drug-likeness (QED) is 0.800. The second-order valence-electron chi connectivity index (χ2n) is 4.98. The van der Waals surface area contributed by atoms with Crippen molar-refractivity contribution in [3.8, 4) is 0 Å². The lowest BCUT2D eigenvalue weighted by Crippen LogP contribution is -2.23. The standard InChI is InChI=1S/C16H16N4O/c1-11-8-13(14-10-18-20(2)15(14)19-11)16(21)17-9-12-6-4-3-5-7-12/h3-8,10H,9H2,1-2H3,(H,17,21). The Hall–Kier alpha value is -2.69. The van der Waals surface area contributed by atoms with Crippen LogP contribution in [0.2, 0.25) is 0 Å². The van der Waals surface area contributed by atoms with E-state index < -0.39 is 0 Å². The maximum atomic E-state index is 12.4. The van der Waals surface area contributed by atoms with Crippen LogP contribution < -0.4 is 5.32 Å². The van der Waals surface area contributed by atoms with E-state index in [4.69, 9.17) is 0 Å². The normalized spacial score (nSPS) is 10.8. The van der Waals surface area contributed by atoms with E-state index in [1.807, 2.05) is 44.3 Å². The number of hydrogen-bond acceptors (Lipinski definition) is 3. The molecule has 3 aromatic rings. The Bertz CT molecular complexity index is 793. The summed E-state index contributed by atoms with van der Waals surface area (Å²) in [6.45, 7) is 2.38. The first kappa shape index (κ1) is 13.3. The molecule has 1 amide bonds. The number of aromatic nitrogens is 3. The van der Waals surface area contributed by atoms with Gasteiger partial charge in [0.05, 0.1) is 17.1 Å². The molecule has 106 valence electrons. The molecule has 5 heteroatoms. The van der Waals surface area contributed by atoms with Crippen LogP contribution in [0.3, 0.4) is 0 Å². The van der Waals surface area contributed by atoms with Crippen LogP contribution in [-0.4, -0.2) is 20.7 Å². The van der Waals surface area contributed by atoms with E-state index in [-0.39, 0.29) is 5.91 Å². The summed E-state index contributed by atoms with van der Waals surface area (Å²) >= 11 is 0. The fourth-order valence-corrected chi connectivity index (χ4v) is 2.30. The molecule has 3 rings (SSSR count). The van der Waals surface area contributed by atoms with Crippen LogP contribution in [0.25, 0.3) is 11.0 Å². The van der Waals surface area contributed by atoms with Crippen LogP contribution in [0.4, 0.5) is 0 Å². The van der Waals surface area contributed by atoms with Gasteiger partial charge in [0, 0.05) is 19.3 Å². The highest BCUT2D eigenvalue weighted by Gasteiger charge is 2.14. The van der Waals surface area contributed by atoms with Gasteiger partial charge < -0.3 is 5.32 Å². The van der Waals surface area contributed by atoms with Gasteiger partial charge in [-0.05, 0) is 18.6 Å². The van der Waals surface area contributed by atoms with Crippen molar-refractivity contribution in [1.82, 2.24) is 20.1 Å². The van der Waals surface area contributed by atoms with Gasteiger partial charge in [0.2, 0.25) is 0 Å². The molecule has 21 heavy (non-hydrogen) atoms. The van der Waals surface area contributed by atoms with E-state index in [0.717, 1.165) is 22.3 Å². The first-order chi connectivity index (χ1) is 10.1. The van der Waals surface area contributed by atoms with Gasteiger partial charge >= 0.3 is 0 Å². The molecule has 0 aliphatic carbocycles. The number of fused-ring (bicyclic) bond motifs is 1. The SMILES string of the molecule is Cc1cc(C(=O)NCc2ccccc2)c2cnn(C)c2n1. The Balaban J connectivity index is 1.88. The predicted molar refractivity (Wildman–Crippen MR) is 80.9 cm³/mol. The molecule has 0 bridgehead atoms. The molecule has 1 aromatic carbocycles. The third-order valence-corrected chi connectivity index (χ3v) is 3.37. The molecule has 0 aliphatic heterocycles. The summed E-state index contributed by atoms with van der Waals surface area (Å²) in [4.78, 5) is 16.8. The maximum absolute atomic E-state index is 12.4. The van der Waals surface area contributed by atoms with E-state index in [1.165, 1.54) is 0 Å². The average molecular weight is 280 g/mol. The lowest BCUT2D eigenvalue weighted by atomic mass is 10.1. The van der Waals surface area contributed by atoms with Crippen molar-refractivity contribution in [2.75, 3.05) is 0 Å². The summed E-state index contributed by atoms with van der Waals surface area (Å²) in [5, 5.41) is 7.88. The summed E-state index contributed by atoms with van der Waals surface area (Å²) in [6.07, 6.45) is 1.68. The molecule has 0 saturated heterocycles. The second kappa shape index (κ2) is 5.36. The number of nitrogens with zero attached hydrogens (tertiary/aromatic N) is 3. The molecule has 0 atom stereocenters. The minimum absolute atomic E-state index is 0.109. The molecule has 0 saturated carbocycles. The largest absolute Gasteiger partial charge is 0.348 e. The summed E-state index contributed by atoms with van der Waals surface area (Å²) in [5.74, 6) is -0.109. The Kier molecular flexibility index (Phi) is 3.39. The molecule has 0 fully saturated rings. The number of carbonyl (C=O) groups excluding carboxylic acids is 1. The number of amides is 1. The number of benzene rings is 1. The molecule has 2 heterocycles. The van der Waals surface area contributed by atoms with Gasteiger partial charge in [0.1, 0.15) is 0 Å². The molecular formula is C16H16N4O. The maximum Gasteiger partial charge on any atom is 0.252 e. The number of carbonyl (C=O) groups is 1. The van der Waals surface area contributed by atoms with Gasteiger partial charge in [0.25, 0.3) is 5.91 Å². The van der Waals surface area contributed by atoms with Crippen molar-refractivity contribution >= 4 is 16.9 Å². The Morgan fingerprint density at radius 1 is 1.29 bits per heavy atom. The van der Waals surface area contributed by atoms with Gasteiger partial charge in [0.15, 0.2) is 5.65 Å². The molecule has 0 radical (unpaired) electrons.